The number of alkyl carbamates (subject to hydrolysis) is 1. The molecule has 1 saturated heterocycles. The first-order chi connectivity index (χ1) is 11.7. The molecule has 2 N–H and O–H groups in total. The van der Waals surface area contributed by atoms with E-state index in [9.17, 15) is 14.1 Å². The average molecular weight is 368 g/mol. The van der Waals surface area contributed by atoms with Crippen molar-refractivity contribution in [3.8, 4) is 0 Å². The van der Waals surface area contributed by atoms with Crippen molar-refractivity contribution in [1.29, 1.82) is 0 Å². The molecule has 2 unspecified atom stereocenters. The lowest BCUT2D eigenvalue weighted by molar-refractivity contribution is 0.0490. The Morgan fingerprint density at radius 2 is 2.00 bits per heavy atom. The third kappa shape index (κ3) is 6.09. The number of carbonyl (C=O) groups is 1. The zero-order valence-corrected chi connectivity index (χ0v) is 16.1. The molecule has 1 aliphatic rings. The van der Waals surface area contributed by atoms with Crippen LogP contribution in [0.3, 0.4) is 0 Å². The summed E-state index contributed by atoms with van der Waals surface area (Å²) in [7, 11) is -1.26. The molecule has 1 aromatic carbocycles. The SMILES string of the molecule is CC(O)c1cccc(S(=O)N2CCC(NC(=O)OC(C)(C)C)CC2)c1. The van der Waals surface area contributed by atoms with Gasteiger partial charge in [0.1, 0.15) is 16.6 Å². The van der Waals surface area contributed by atoms with Crippen LogP contribution >= 0.6 is 0 Å². The van der Waals surface area contributed by atoms with Crippen LogP contribution in [0.2, 0.25) is 0 Å². The van der Waals surface area contributed by atoms with Gasteiger partial charge in [-0.15, -0.1) is 0 Å². The lowest BCUT2D eigenvalue weighted by Gasteiger charge is -2.31. The third-order valence-corrected chi connectivity index (χ3v) is 5.44. The highest BCUT2D eigenvalue weighted by molar-refractivity contribution is 7.82. The molecule has 7 heteroatoms. The number of carbonyl (C=O) groups excluding carboxylic acids is 1. The molecule has 1 amide bonds. The van der Waals surface area contributed by atoms with Gasteiger partial charge in [-0.25, -0.2) is 13.3 Å². The van der Waals surface area contributed by atoms with Gasteiger partial charge in [0.05, 0.1) is 11.0 Å². The minimum Gasteiger partial charge on any atom is -0.444 e. The molecule has 2 rings (SSSR count). The van der Waals surface area contributed by atoms with Crippen LogP contribution in [0.1, 0.15) is 52.2 Å². The van der Waals surface area contributed by atoms with Crippen LogP contribution in [0.5, 0.6) is 0 Å². The summed E-state index contributed by atoms with van der Waals surface area (Å²) in [6.07, 6.45) is 0.458. The van der Waals surface area contributed by atoms with Crippen LogP contribution in [0, 0.1) is 0 Å². The van der Waals surface area contributed by atoms with Gasteiger partial charge in [0.2, 0.25) is 0 Å². The molecule has 2 atom stereocenters. The van der Waals surface area contributed by atoms with E-state index in [1.807, 2.05) is 43.3 Å². The summed E-state index contributed by atoms with van der Waals surface area (Å²) < 4.78 is 19.9. The third-order valence-electron chi connectivity index (χ3n) is 3.95. The first-order valence-electron chi connectivity index (χ1n) is 8.60. The van der Waals surface area contributed by atoms with E-state index < -0.39 is 28.8 Å². The quantitative estimate of drug-likeness (QED) is 0.856. The lowest BCUT2D eigenvalue weighted by Crippen LogP contribution is -2.46. The number of hydrogen-bond acceptors (Lipinski definition) is 4. The Kier molecular flexibility index (Phi) is 6.59. The van der Waals surface area contributed by atoms with E-state index in [1.165, 1.54) is 0 Å². The second-order valence-electron chi connectivity index (χ2n) is 7.35. The van der Waals surface area contributed by atoms with Crippen molar-refractivity contribution < 1.29 is 18.8 Å². The second-order valence-corrected chi connectivity index (χ2v) is 8.83. The monoisotopic (exact) mass is 368 g/mol. The molecule has 1 aliphatic heterocycles. The van der Waals surface area contributed by atoms with Crippen molar-refractivity contribution in [2.45, 2.75) is 63.2 Å². The molecule has 0 bridgehead atoms. The van der Waals surface area contributed by atoms with Gasteiger partial charge >= 0.3 is 6.09 Å². The van der Waals surface area contributed by atoms with Crippen LogP contribution in [-0.2, 0) is 15.7 Å². The van der Waals surface area contributed by atoms with Crippen molar-refractivity contribution in [2.24, 2.45) is 0 Å². The van der Waals surface area contributed by atoms with Crippen molar-refractivity contribution in [3.05, 3.63) is 29.8 Å². The standard InChI is InChI=1S/C18H28N2O4S/c1-13(21)14-6-5-7-16(12-14)25(23)20-10-8-15(9-11-20)19-17(22)24-18(2,3)4/h5-7,12-13,15,21H,8-11H2,1-4H3,(H,19,22). The van der Waals surface area contributed by atoms with Gasteiger partial charge in [-0.1, -0.05) is 12.1 Å². The Bertz CT molecular complexity index is 620. The minimum atomic E-state index is -1.26. The fourth-order valence-electron chi connectivity index (χ4n) is 2.67. The molecule has 140 valence electrons. The van der Waals surface area contributed by atoms with E-state index in [1.54, 1.807) is 13.0 Å². The molecule has 0 aliphatic carbocycles. The number of rotatable bonds is 4. The zero-order valence-electron chi connectivity index (χ0n) is 15.3. The highest BCUT2D eigenvalue weighted by Gasteiger charge is 2.26. The van der Waals surface area contributed by atoms with E-state index in [4.69, 9.17) is 4.74 Å². The molecule has 0 aromatic heterocycles. The van der Waals surface area contributed by atoms with Crippen molar-refractivity contribution in [3.63, 3.8) is 0 Å². The Balaban J connectivity index is 1.88. The van der Waals surface area contributed by atoms with Crippen LogP contribution in [0.4, 0.5) is 4.79 Å². The zero-order chi connectivity index (χ0) is 18.6. The van der Waals surface area contributed by atoms with Crippen LogP contribution in [0.25, 0.3) is 0 Å². The molecule has 0 spiro atoms. The first-order valence-corrected chi connectivity index (χ1v) is 9.71. The highest BCUT2D eigenvalue weighted by Crippen LogP contribution is 2.21. The Labute approximate surface area is 152 Å². The molecule has 0 saturated carbocycles. The molecular formula is C18H28N2O4S. The van der Waals surface area contributed by atoms with E-state index in [2.05, 4.69) is 5.32 Å². The molecule has 0 radical (unpaired) electrons. The fraction of sp³-hybridized carbons (Fsp3) is 0.611. The summed E-state index contributed by atoms with van der Waals surface area (Å²) >= 11 is 0. The smallest absolute Gasteiger partial charge is 0.407 e. The Morgan fingerprint density at radius 1 is 1.36 bits per heavy atom. The minimum absolute atomic E-state index is 0.0342. The maximum atomic E-state index is 12.7. The number of amides is 1. The van der Waals surface area contributed by atoms with Gasteiger partial charge in [-0.2, -0.15) is 0 Å². The maximum Gasteiger partial charge on any atom is 0.407 e. The average Bonchev–Trinajstić information content (AvgIpc) is 2.53. The van der Waals surface area contributed by atoms with Crippen LogP contribution in [-0.4, -0.2) is 44.4 Å². The summed E-state index contributed by atoms with van der Waals surface area (Å²) in [6, 6.07) is 7.26. The van der Waals surface area contributed by atoms with Gasteiger partial charge in [0.15, 0.2) is 0 Å². The van der Waals surface area contributed by atoms with E-state index in [0.29, 0.717) is 18.0 Å². The van der Waals surface area contributed by atoms with Gasteiger partial charge in [0.25, 0.3) is 0 Å². The largest absolute Gasteiger partial charge is 0.444 e. The number of benzene rings is 1. The summed E-state index contributed by atoms with van der Waals surface area (Å²) in [5.74, 6) is 0. The van der Waals surface area contributed by atoms with Crippen molar-refractivity contribution in [2.75, 3.05) is 13.1 Å². The predicted octanol–water partition coefficient (Wildman–Crippen LogP) is 2.75. The second kappa shape index (κ2) is 8.29. The van der Waals surface area contributed by atoms with Gasteiger partial charge in [0, 0.05) is 19.1 Å². The lowest BCUT2D eigenvalue weighted by atomic mass is 10.1. The topological polar surface area (TPSA) is 78.9 Å². The number of hydrogen-bond donors (Lipinski definition) is 2. The first kappa shape index (κ1) is 19.9. The van der Waals surface area contributed by atoms with E-state index >= 15 is 0 Å². The van der Waals surface area contributed by atoms with E-state index in [0.717, 1.165) is 18.4 Å². The normalized spacial score (nSPS) is 19.2. The number of ether oxygens (including phenoxy) is 1. The number of aliphatic hydroxyl groups excluding tert-OH is 1. The molecule has 1 fully saturated rings. The van der Waals surface area contributed by atoms with Gasteiger partial charge < -0.3 is 15.2 Å². The maximum absolute atomic E-state index is 12.7. The van der Waals surface area contributed by atoms with Crippen LogP contribution < -0.4 is 5.32 Å². The Morgan fingerprint density at radius 3 is 2.56 bits per heavy atom. The molecule has 1 aromatic rings. The highest BCUT2D eigenvalue weighted by atomic mass is 32.2. The predicted molar refractivity (Wildman–Crippen MR) is 97.4 cm³/mol. The summed E-state index contributed by atoms with van der Waals surface area (Å²) in [5, 5.41) is 12.6. The van der Waals surface area contributed by atoms with Crippen LogP contribution in [0.15, 0.2) is 29.2 Å². The van der Waals surface area contributed by atoms with Crippen molar-refractivity contribution >= 4 is 17.1 Å². The fourth-order valence-corrected chi connectivity index (χ4v) is 3.94. The molecule has 25 heavy (non-hydrogen) atoms. The van der Waals surface area contributed by atoms with E-state index in [-0.39, 0.29) is 6.04 Å². The molecular weight excluding hydrogens is 340 g/mol. The number of nitrogens with zero attached hydrogens (tertiary/aromatic N) is 1. The summed E-state index contributed by atoms with van der Waals surface area (Å²) in [4.78, 5) is 12.5. The number of aliphatic hydroxyl groups is 1. The molecule has 1 heterocycles. The number of piperidine rings is 1. The van der Waals surface area contributed by atoms with Gasteiger partial charge in [-0.05, 0) is 58.2 Å². The van der Waals surface area contributed by atoms with Crippen molar-refractivity contribution in [1.82, 2.24) is 9.62 Å². The summed E-state index contributed by atoms with van der Waals surface area (Å²) in [6.45, 7) is 8.45. The Hall–Kier alpha value is -1.44. The number of nitrogens with one attached hydrogen (secondary N) is 1. The van der Waals surface area contributed by atoms with Gasteiger partial charge in [-0.3, -0.25) is 0 Å². The molecule has 6 nitrogen and oxygen atoms in total. The summed E-state index contributed by atoms with van der Waals surface area (Å²) in [5.41, 5.74) is 0.244.